The van der Waals surface area contributed by atoms with Crippen molar-refractivity contribution in [3.05, 3.63) is 59.4 Å². The van der Waals surface area contributed by atoms with Gasteiger partial charge < -0.3 is 19.6 Å². The molecule has 0 fully saturated rings. The number of Topliss-reactive ketones (excluding diaryl/α,β-unsaturated/α-hetero) is 1. The number of furan rings is 1. The van der Waals surface area contributed by atoms with Crippen LogP contribution in [0.15, 0.2) is 47.1 Å². The Hall–Kier alpha value is -3.88. The van der Waals surface area contributed by atoms with Gasteiger partial charge in [-0.1, -0.05) is 35.4 Å². The normalized spacial score (nSPS) is 11.1. The molecule has 9 heteroatoms. The molecule has 0 spiro atoms. The average molecular weight is 435 g/mol. The van der Waals surface area contributed by atoms with Gasteiger partial charge in [0.2, 0.25) is 11.7 Å². The van der Waals surface area contributed by atoms with Gasteiger partial charge in [-0.15, -0.1) is 0 Å². The van der Waals surface area contributed by atoms with Crippen LogP contribution in [0.25, 0.3) is 11.0 Å². The van der Waals surface area contributed by atoms with Gasteiger partial charge >= 0.3 is 0 Å². The SMILES string of the molecule is CC(=O)c1c(OCCn2nnnc2N)c(OCCCc2ccccc2)c2occc2c1C. The summed E-state index contributed by atoms with van der Waals surface area (Å²) in [6, 6.07) is 12.0. The van der Waals surface area contributed by atoms with Crippen LogP contribution in [0.3, 0.4) is 0 Å². The summed E-state index contributed by atoms with van der Waals surface area (Å²) >= 11 is 0. The molecule has 0 aliphatic rings. The maximum absolute atomic E-state index is 12.5. The second-order valence-electron chi connectivity index (χ2n) is 7.42. The molecule has 0 bridgehead atoms. The number of aromatic nitrogens is 4. The molecule has 9 nitrogen and oxygen atoms in total. The number of nitrogens with zero attached hydrogens (tertiary/aromatic N) is 4. The molecule has 2 aromatic carbocycles. The van der Waals surface area contributed by atoms with Crippen LogP contribution in [-0.2, 0) is 13.0 Å². The van der Waals surface area contributed by atoms with Gasteiger partial charge in [-0.25, -0.2) is 4.68 Å². The topological polar surface area (TPSA) is 118 Å². The number of fused-ring (bicyclic) bond motifs is 1. The predicted molar refractivity (Wildman–Crippen MR) is 119 cm³/mol. The van der Waals surface area contributed by atoms with E-state index in [0.29, 0.717) is 35.8 Å². The van der Waals surface area contributed by atoms with Crippen molar-refractivity contribution >= 4 is 22.7 Å². The molecule has 0 aliphatic carbocycles. The van der Waals surface area contributed by atoms with Crippen molar-refractivity contribution in [2.24, 2.45) is 0 Å². The summed E-state index contributed by atoms with van der Waals surface area (Å²) < 4.78 is 19.3. The van der Waals surface area contributed by atoms with Crippen LogP contribution in [0.1, 0.15) is 34.8 Å². The Morgan fingerprint density at radius 1 is 1.12 bits per heavy atom. The average Bonchev–Trinajstić information content (AvgIpc) is 3.43. The highest BCUT2D eigenvalue weighted by atomic mass is 16.5. The van der Waals surface area contributed by atoms with Crippen molar-refractivity contribution in [1.82, 2.24) is 20.2 Å². The first-order valence-electron chi connectivity index (χ1n) is 10.4. The van der Waals surface area contributed by atoms with E-state index in [4.69, 9.17) is 19.6 Å². The second kappa shape index (κ2) is 9.51. The van der Waals surface area contributed by atoms with E-state index < -0.39 is 0 Å². The molecule has 0 amide bonds. The molecular weight excluding hydrogens is 410 g/mol. The number of anilines is 1. The van der Waals surface area contributed by atoms with Gasteiger partial charge in [-0.05, 0) is 54.3 Å². The van der Waals surface area contributed by atoms with Crippen LogP contribution >= 0.6 is 0 Å². The van der Waals surface area contributed by atoms with E-state index in [0.717, 1.165) is 23.8 Å². The van der Waals surface area contributed by atoms with Crippen LogP contribution in [0.4, 0.5) is 5.95 Å². The summed E-state index contributed by atoms with van der Waals surface area (Å²) in [5.41, 5.74) is 8.78. The van der Waals surface area contributed by atoms with E-state index in [1.807, 2.05) is 31.2 Å². The molecule has 0 radical (unpaired) electrons. The van der Waals surface area contributed by atoms with Gasteiger partial charge in [0.05, 0.1) is 25.0 Å². The Bertz CT molecular complexity index is 1220. The number of tetrazole rings is 1. The fourth-order valence-electron chi connectivity index (χ4n) is 3.69. The third-order valence-electron chi connectivity index (χ3n) is 5.24. The fraction of sp³-hybridized carbons (Fsp3) is 0.304. The minimum Gasteiger partial charge on any atom is -0.487 e. The zero-order valence-electron chi connectivity index (χ0n) is 18.1. The molecule has 4 rings (SSSR count). The van der Waals surface area contributed by atoms with Gasteiger partial charge in [0.15, 0.2) is 17.1 Å². The lowest BCUT2D eigenvalue weighted by atomic mass is 9.99. The number of aryl methyl sites for hydroxylation is 2. The Balaban J connectivity index is 1.58. The smallest absolute Gasteiger partial charge is 0.240 e. The first kappa shape index (κ1) is 21.4. The number of rotatable bonds is 10. The highest BCUT2D eigenvalue weighted by molar-refractivity contribution is 6.05. The summed E-state index contributed by atoms with van der Waals surface area (Å²) in [5.74, 6) is 0.870. The lowest BCUT2D eigenvalue weighted by Gasteiger charge is -2.18. The largest absolute Gasteiger partial charge is 0.487 e. The van der Waals surface area contributed by atoms with Crippen molar-refractivity contribution in [2.75, 3.05) is 18.9 Å². The molecule has 32 heavy (non-hydrogen) atoms. The quantitative estimate of drug-likeness (QED) is 0.296. The van der Waals surface area contributed by atoms with E-state index >= 15 is 0 Å². The number of carbonyl (C=O) groups is 1. The number of carbonyl (C=O) groups excluding carboxylic acids is 1. The van der Waals surface area contributed by atoms with Gasteiger partial charge in [-0.3, -0.25) is 4.79 Å². The summed E-state index contributed by atoms with van der Waals surface area (Å²) in [7, 11) is 0. The molecule has 0 aliphatic heterocycles. The number of benzene rings is 2. The molecule has 0 atom stereocenters. The van der Waals surface area contributed by atoms with Gasteiger partial charge in [-0.2, -0.15) is 0 Å². The third-order valence-corrected chi connectivity index (χ3v) is 5.24. The lowest BCUT2D eigenvalue weighted by Crippen LogP contribution is -2.15. The summed E-state index contributed by atoms with van der Waals surface area (Å²) in [5, 5.41) is 11.8. The standard InChI is InChI=1S/C23H25N5O4/c1-15-18-10-13-31-20(18)22(30-12-6-9-17-7-4-3-5-8-17)21(19(15)16(2)29)32-14-11-28-23(24)25-26-27-28/h3-5,7-8,10,13H,6,9,11-12,14H2,1-2H3,(H2,24,25,27). The third kappa shape index (κ3) is 4.41. The molecule has 2 heterocycles. The van der Waals surface area contributed by atoms with Crippen LogP contribution in [0, 0.1) is 6.92 Å². The number of nitrogens with two attached hydrogens (primary N) is 1. The second-order valence-corrected chi connectivity index (χ2v) is 7.42. The van der Waals surface area contributed by atoms with Crippen molar-refractivity contribution in [2.45, 2.75) is 33.2 Å². The van der Waals surface area contributed by atoms with E-state index in [2.05, 4.69) is 27.7 Å². The van der Waals surface area contributed by atoms with Crippen LogP contribution in [0.5, 0.6) is 11.5 Å². The molecule has 0 saturated carbocycles. The Morgan fingerprint density at radius 2 is 1.91 bits per heavy atom. The number of hydrogen-bond donors (Lipinski definition) is 1. The molecule has 4 aromatic rings. The van der Waals surface area contributed by atoms with E-state index in [9.17, 15) is 4.79 Å². The van der Waals surface area contributed by atoms with E-state index in [1.165, 1.54) is 17.2 Å². The van der Waals surface area contributed by atoms with Crippen molar-refractivity contribution in [3.8, 4) is 11.5 Å². The lowest BCUT2D eigenvalue weighted by molar-refractivity contribution is 0.101. The maximum Gasteiger partial charge on any atom is 0.240 e. The number of hydrogen-bond acceptors (Lipinski definition) is 8. The van der Waals surface area contributed by atoms with Crippen LogP contribution in [0.2, 0.25) is 0 Å². The first-order chi connectivity index (χ1) is 15.6. The van der Waals surface area contributed by atoms with Crippen LogP contribution < -0.4 is 15.2 Å². The highest BCUT2D eigenvalue weighted by Gasteiger charge is 2.25. The molecule has 0 unspecified atom stereocenters. The maximum atomic E-state index is 12.5. The predicted octanol–water partition coefficient (Wildman–Crippen LogP) is 3.60. The molecule has 166 valence electrons. The van der Waals surface area contributed by atoms with Crippen molar-refractivity contribution in [1.29, 1.82) is 0 Å². The molecular formula is C23H25N5O4. The zero-order valence-corrected chi connectivity index (χ0v) is 18.1. The Labute approximate surface area is 185 Å². The highest BCUT2D eigenvalue weighted by Crippen LogP contribution is 2.43. The fourth-order valence-corrected chi connectivity index (χ4v) is 3.69. The number of nitrogen functional groups attached to an aromatic ring is 1. The number of ketones is 1. The Morgan fingerprint density at radius 3 is 2.62 bits per heavy atom. The number of ether oxygens (including phenoxy) is 2. The summed E-state index contributed by atoms with van der Waals surface area (Å²) in [4.78, 5) is 12.5. The van der Waals surface area contributed by atoms with Gasteiger partial charge in [0, 0.05) is 5.39 Å². The minimum absolute atomic E-state index is 0.114. The van der Waals surface area contributed by atoms with Gasteiger partial charge in [0.1, 0.15) is 6.61 Å². The van der Waals surface area contributed by atoms with Crippen molar-refractivity contribution in [3.63, 3.8) is 0 Å². The Kier molecular flexibility index (Phi) is 6.34. The van der Waals surface area contributed by atoms with Crippen molar-refractivity contribution < 1.29 is 18.7 Å². The van der Waals surface area contributed by atoms with E-state index in [-0.39, 0.29) is 18.3 Å². The molecule has 2 N–H and O–H groups in total. The summed E-state index contributed by atoms with van der Waals surface area (Å²) in [6.45, 7) is 4.35. The van der Waals surface area contributed by atoms with E-state index in [1.54, 1.807) is 6.26 Å². The minimum atomic E-state index is -0.114. The summed E-state index contributed by atoms with van der Waals surface area (Å²) in [6.07, 6.45) is 3.27. The zero-order chi connectivity index (χ0) is 22.5. The molecule has 2 aromatic heterocycles. The monoisotopic (exact) mass is 435 g/mol. The first-order valence-corrected chi connectivity index (χ1v) is 10.4. The van der Waals surface area contributed by atoms with Gasteiger partial charge in [0.25, 0.3) is 0 Å². The van der Waals surface area contributed by atoms with Crippen LogP contribution in [-0.4, -0.2) is 39.2 Å². The molecule has 0 saturated heterocycles.